The van der Waals surface area contributed by atoms with E-state index in [0.29, 0.717) is 13.0 Å². The van der Waals surface area contributed by atoms with E-state index >= 15 is 0 Å². The fourth-order valence-electron chi connectivity index (χ4n) is 1.96. The monoisotopic (exact) mass is 279 g/mol. The van der Waals surface area contributed by atoms with Crippen LogP contribution in [0.5, 0.6) is 0 Å². The summed E-state index contributed by atoms with van der Waals surface area (Å²) < 4.78 is 4.87. The van der Waals surface area contributed by atoms with Crippen LogP contribution in [0.4, 0.5) is 0 Å². The molecular formula is C14H17NO3S. The second kappa shape index (κ2) is 6.10. The zero-order chi connectivity index (χ0) is 13.8. The largest absolute Gasteiger partial charge is 0.464 e. The number of hydrogen-bond acceptors (Lipinski definition) is 4. The number of carbonyl (C=O) groups is 2. The molecule has 0 spiro atoms. The van der Waals surface area contributed by atoms with Crippen LogP contribution < -0.4 is 5.32 Å². The first-order valence-corrected chi connectivity index (χ1v) is 7.21. The molecule has 1 amide bonds. The molecule has 0 saturated heterocycles. The Labute approximate surface area is 116 Å². The quantitative estimate of drug-likeness (QED) is 0.854. The predicted molar refractivity (Wildman–Crippen MR) is 74.0 cm³/mol. The molecule has 0 bridgehead atoms. The summed E-state index contributed by atoms with van der Waals surface area (Å²) in [6, 6.07) is 7.39. The first kappa shape index (κ1) is 13.9. The number of esters is 1. The number of hydrogen-bond donors (Lipinski definition) is 1. The number of fused-ring (bicyclic) bond motifs is 1. The van der Waals surface area contributed by atoms with Crippen molar-refractivity contribution in [2.75, 3.05) is 6.61 Å². The van der Waals surface area contributed by atoms with Crippen molar-refractivity contribution < 1.29 is 14.3 Å². The molecule has 0 fully saturated rings. The minimum absolute atomic E-state index is 0.109. The molecular weight excluding hydrogens is 262 g/mol. The van der Waals surface area contributed by atoms with Gasteiger partial charge in [0.15, 0.2) is 0 Å². The minimum Gasteiger partial charge on any atom is -0.464 e. The molecule has 2 atom stereocenters. The summed E-state index contributed by atoms with van der Waals surface area (Å²) in [6.45, 7) is 3.71. The maximum Gasteiger partial charge on any atom is 0.328 e. The van der Waals surface area contributed by atoms with E-state index < -0.39 is 12.0 Å². The lowest BCUT2D eigenvalue weighted by Crippen LogP contribution is -2.43. The molecule has 5 heteroatoms. The normalized spacial score (nSPS) is 18.5. The van der Waals surface area contributed by atoms with Crippen molar-refractivity contribution in [1.82, 2.24) is 5.32 Å². The van der Waals surface area contributed by atoms with E-state index in [1.54, 1.807) is 25.6 Å². The van der Waals surface area contributed by atoms with Gasteiger partial charge in [-0.15, -0.1) is 11.8 Å². The number of amides is 1. The van der Waals surface area contributed by atoms with Crippen molar-refractivity contribution in [3.05, 3.63) is 29.8 Å². The summed E-state index contributed by atoms with van der Waals surface area (Å²) >= 11 is 1.55. The fraction of sp³-hybridized carbons (Fsp3) is 0.429. The molecule has 4 nitrogen and oxygen atoms in total. The van der Waals surface area contributed by atoms with Crippen molar-refractivity contribution in [3.63, 3.8) is 0 Å². The van der Waals surface area contributed by atoms with Crippen LogP contribution in [0.25, 0.3) is 0 Å². The summed E-state index contributed by atoms with van der Waals surface area (Å²) in [5, 5.41) is 2.55. The van der Waals surface area contributed by atoms with E-state index in [4.69, 9.17) is 4.74 Å². The highest BCUT2D eigenvalue weighted by Gasteiger charge is 2.29. The molecule has 0 radical (unpaired) electrons. The average molecular weight is 279 g/mol. The fourth-order valence-corrected chi connectivity index (χ4v) is 3.17. The lowest BCUT2D eigenvalue weighted by atomic mass is 10.1. The maximum absolute atomic E-state index is 12.1. The Hall–Kier alpha value is -1.49. The molecule has 1 aliphatic rings. The third-order valence-corrected chi connectivity index (χ3v) is 4.26. The van der Waals surface area contributed by atoms with Gasteiger partial charge in [0.1, 0.15) is 6.04 Å². The highest BCUT2D eigenvalue weighted by molar-refractivity contribution is 8.01. The Morgan fingerprint density at radius 3 is 2.89 bits per heavy atom. The zero-order valence-electron chi connectivity index (χ0n) is 11.0. The number of benzene rings is 1. The van der Waals surface area contributed by atoms with E-state index in [1.807, 2.05) is 24.3 Å². The molecule has 0 aromatic heterocycles. The Kier molecular flexibility index (Phi) is 4.47. The van der Waals surface area contributed by atoms with Gasteiger partial charge in [-0.25, -0.2) is 4.79 Å². The van der Waals surface area contributed by atoms with Gasteiger partial charge in [0.25, 0.3) is 0 Å². The molecule has 0 saturated carbocycles. The van der Waals surface area contributed by atoms with Crippen LogP contribution in [0.15, 0.2) is 29.2 Å². The van der Waals surface area contributed by atoms with Gasteiger partial charge in [-0.05, 0) is 31.9 Å². The molecule has 1 heterocycles. The van der Waals surface area contributed by atoms with Gasteiger partial charge in [0.2, 0.25) is 5.91 Å². The Bertz CT molecular complexity index is 464. The topological polar surface area (TPSA) is 55.4 Å². The van der Waals surface area contributed by atoms with E-state index in [2.05, 4.69) is 5.32 Å². The summed E-state index contributed by atoms with van der Waals surface area (Å²) in [7, 11) is 0. The van der Waals surface area contributed by atoms with E-state index in [9.17, 15) is 9.59 Å². The molecule has 2 rings (SSSR count). The average Bonchev–Trinajstić information content (AvgIpc) is 2.82. The van der Waals surface area contributed by atoms with Crippen molar-refractivity contribution in [3.8, 4) is 0 Å². The van der Waals surface area contributed by atoms with E-state index in [0.717, 1.165) is 4.90 Å². The number of rotatable bonds is 4. The Morgan fingerprint density at radius 2 is 2.21 bits per heavy atom. The first-order valence-electron chi connectivity index (χ1n) is 6.33. The SMILES string of the molecule is CCOC(=O)[C@@H](C)NC(=O)[C@@H]1Cc2ccccc2S1. The number of carbonyl (C=O) groups excluding carboxylic acids is 2. The number of nitrogens with one attached hydrogen (secondary N) is 1. The summed E-state index contributed by atoms with van der Waals surface area (Å²) in [4.78, 5) is 24.7. The van der Waals surface area contributed by atoms with Crippen LogP contribution in [0.3, 0.4) is 0 Å². The van der Waals surface area contributed by atoms with Gasteiger partial charge in [-0.1, -0.05) is 18.2 Å². The van der Waals surface area contributed by atoms with Gasteiger partial charge in [0.05, 0.1) is 11.9 Å². The van der Waals surface area contributed by atoms with Crippen LogP contribution >= 0.6 is 11.8 Å². The van der Waals surface area contributed by atoms with Crippen LogP contribution in [-0.4, -0.2) is 29.8 Å². The lowest BCUT2D eigenvalue weighted by molar-refractivity contribution is -0.146. The van der Waals surface area contributed by atoms with Crippen LogP contribution in [-0.2, 0) is 20.7 Å². The molecule has 0 unspecified atom stereocenters. The van der Waals surface area contributed by atoms with Crippen molar-refractivity contribution in [1.29, 1.82) is 0 Å². The van der Waals surface area contributed by atoms with Crippen molar-refractivity contribution in [2.45, 2.75) is 36.5 Å². The van der Waals surface area contributed by atoms with Crippen LogP contribution in [0.2, 0.25) is 0 Å². The van der Waals surface area contributed by atoms with E-state index in [1.165, 1.54) is 5.56 Å². The Morgan fingerprint density at radius 1 is 1.47 bits per heavy atom. The molecule has 1 N–H and O–H groups in total. The van der Waals surface area contributed by atoms with Gasteiger partial charge >= 0.3 is 5.97 Å². The third-order valence-electron chi connectivity index (χ3n) is 2.94. The second-order valence-electron chi connectivity index (χ2n) is 4.40. The molecule has 0 aliphatic carbocycles. The van der Waals surface area contributed by atoms with Gasteiger partial charge in [0, 0.05) is 4.90 Å². The summed E-state index contributed by atoms with van der Waals surface area (Å²) in [6.07, 6.45) is 0.711. The molecule has 1 aromatic rings. The van der Waals surface area contributed by atoms with Gasteiger partial charge in [-0.3, -0.25) is 4.79 Å². The standard InChI is InChI=1S/C14H17NO3S/c1-3-18-14(17)9(2)15-13(16)12-8-10-6-4-5-7-11(10)19-12/h4-7,9,12H,3,8H2,1-2H3,(H,15,16)/t9-,12+/m1/s1. The molecule has 1 aliphatic heterocycles. The number of ether oxygens (including phenoxy) is 1. The smallest absolute Gasteiger partial charge is 0.328 e. The lowest BCUT2D eigenvalue weighted by Gasteiger charge is -2.15. The van der Waals surface area contributed by atoms with Crippen LogP contribution in [0.1, 0.15) is 19.4 Å². The van der Waals surface area contributed by atoms with Crippen molar-refractivity contribution in [2.24, 2.45) is 0 Å². The Balaban J connectivity index is 1.91. The highest BCUT2D eigenvalue weighted by Crippen LogP contribution is 2.36. The maximum atomic E-state index is 12.1. The summed E-state index contributed by atoms with van der Waals surface area (Å²) in [5.41, 5.74) is 1.19. The highest BCUT2D eigenvalue weighted by atomic mass is 32.2. The van der Waals surface area contributed by atoms with Crippen LogP contribution in [0, 0.1) is 0 Å². The first-order chi connectivity index (χ1) is 9.11. The van der Waals surface area contributed by atoms with Gasteiger partial charge < -0.3 is 10.1 Å². The van der Waals surface area contributed by atoms with Crippen molar-refractivity contribution >= 4 is 23.6 Å². The number of thioether (sulfide) groups is 1. The summed E-state index contributed by atoms with van der Waals surface area (Å²) in [5.74, 6) is -0.502. The molecule has 19 heavy (non-hydrogen) atoms. The predicted octanol–water partition coefficient (Wildman–Crippen LogP) is 1.77. The molecule has 1 aromatic carbocycles. The van der Waals surface area contributed by atoms with E-state index in [-0.39, 0.29) is 11.2 Å². The van der Waals surface area contributed by atoms with Gasteiger partial charge in [-0.2, -0.15) is 0 Å². The second-order valence-corrected chi connectivity index (χ2v) is 5.65. The zero-order valence-corrected chi connectivity index (χ0v) is 11.8. The minimum atomic E-state index is -0.600. The molecule has 102 valence electrons. The third kappa shape index (κ3) is 3.29.